The summed E-state index contributed by atoms with van der Waals surface area (Å²) in [4.78, 5) is 0. The molecule has 0 aromatic heterocycles. The number of halogens is 14. The zero-order valence-electron chi connectivity index (χ0n) is 38.6. The Morgan fingerprint density at radius 1 is 0.470 bits per heavy atom. The molecule has 0 bridgehead atoms. The molecular weight excluding hydrogens is 1020 g/mol. The van der Waals surface area contributed by atoms with E-state index in [-0.39, 0.29) is 46.2 Å². The van der Waals surface area contributed by atoms with Gasteiger partial charge in [-0.05, 0) is 0 Å². The van der Waals surface area contributed by atoms with E-state index in [4.69, 9.17) is 17.0 Å². The molecule has 2 aliphatic rings. The minimum atomic E-state index is -5.94. The summed E-state index contributed by atoms with van der Waals surface area (Å²) in [5, 5.41) is 0. The molecule has 0 amide bonds. The van der Waals surface area contributed by atoms with Gasteiger partial charge in [-0.2, -0.15) is 0 Å². The molecule has 4 aromatic carbocycles. The maximum absolute atomic E-state index is 14.4. The van der Waals surface area contributed by atoms with Crippen molar-refractivity contribution in [3.8, 4) is 22.3 Å². The van der Waals surface area contributed by atoms with Crippen LogP contribution in [0.15, 0.2) is 71.8 Å². The SMILES string of the molecule is CC(C)C1=Cc2c(ccc(C(C)(C)C)c2-c2cc(C(F)(F)F)cc(C(F)(F)F)c2)[CH]1[Zr]([Cl])([Cl])([CH]1C(C(C)C)=Cc2c1ccc(C(C)(C)C)c2-c1cc(C(F)(F)F)cc(C(F)(F)F)c1)[SiH](C)C. The van der Waals surface area contributed by atoms with Crippen molar-refractivity contribution in [2.75, 3.05) is 0 Å². The summed E-state index contributed by atoms with van der Waals surface area (Å²) in [7, 11) is 17.3. The van der Waals surface area contributed by atoms with Crippen LogP contribution in [0.3, 0.4) is 0 Å². The predicted molar refractivity (Wildman–Crippen MR) is 243 cm³/mol. The van der Waals surface area contributed by atoms with E-state index in [1.807, 2.05) is 107 Å². The van der Waals surface area contributed by atoms with Gasteiger partial charge >= 0.3 is 390 Å². The van der Waals surface area contributed by atoms with E-state index in [2.05, 4.69) is 0 Å². The Balaban J connectivity index is 1.76. The van der Waals surface area contributed by atoms with Gasteiger partial charge in [-0.1, -0.05) is 0 Å². The summed E-state index contributed by atoms with van der Waals surface area (Å²) in [5.41, 5.74) is -3.28. The monoisotopic (exact) mass is 1070 g/mol. The van der Waals surface area contributed by atoms with E-state index in [0.717, 1.165) is 35.4 Å². The van der Waals surface area contributed by atoms with Gasteiger partial charge in [0.2, 0.25) is 0 Å². The zero-order valence-corrected chi connectivity index (χ0v) is 43.7. The van der Waals surface area contributed by atoms with E-state index in [9.17, 15) is 52.7 Å². The first-order valence-electron chi connectivity index (χ1n) is 21.6. The van der Waals surface area contributed by atoms with Crippen molar-refractivity contribution in [2.24, 2.45) is 11.8 Å². The van der Waals surface area contributed by atoms with Gasteiger partial charge in [0.15, 0.2) is 0 Å². The third kappa shape index (κ3) is 9.21. The number of allylic oxidation sites excluding steroid dienone is 2. The van der Waals surface area contributed by atoms with Gasteiger partial charge in [0, 0.05) is 0 Å². The van der Waals surface area contributed by atoms with E-state index >= 15 is 0 Å². The summed E-state index contributed by atoms with van der Waals surface area (Å²) < 4.78 is 172. The zero-order chi connectivity index (χ0) is 50.1. The average Bonchev–Trinajstić information content (AvgIpc) is 3.76. The Labute approximate surface area is 387 Å². The van der Waals surface area contributed by atoms with E-state index < -0.39 is 86.5 Å². The summed E-state index contributed by atoms with van der Waals surface area (Å²) in [6, 6.07) is 10.2. The molecule has 0 aliphatic heterocycles. The molecule has 0 nitrogen and oxygen atoms in total. The molecule has 0 N–H and O–H groups in total. The Bertz CT molecular complexity index is 2410. The van der Waals surface area contributed by atoms with Crippen molar-refractivity contribution >= 4 is 35.1 Å². The van der Waals surface area contributed by atoms with Gasteiger partial charge in [-0.25, -0.2) is 0 Å². The van der Waals surface area contributed by atoms with Gasteiger partial charge < -0.3 is 0 Å². The van der Waals surface area contributed by atoms with Gasteiger partial charge in [0.25, 0.3) is 0 Å². The number of rotatable bonds is 7. The van der Waals surface area contributed by atoms with Gasteiger partial charge in [-0.3, -0.25) is 0 Å². The number of fused-ring (bicyclic) bond motifs is 2. The second kappa shape index (κ2) is 16.7. The first-order chi connectivity index (χ1) is 29.7. The third-order valence-corrected chi connectivity index (χ3v) is 65.0. The second-order valence-corrected chi connectivity index (χ2v) is 63.4. The summed E-state index contributed by atoms with van der Waals surface area (Å²) >= 11 is -5.94. The van der Waals surface area contributed by atoms with Crippen molar-refractivity contribution in [3.63, 3.8) is 0 Å². The second-order valence-electron chi connectivity index (χ2n) is 20.9. The molecule has 0 heterocycles. The number of hydrogen-bond donors (Lipinski definition) is 0. The van der Waals surface area contributed by atoms with Gasteiger partial charge in [0.1, 0.15) is 0 Å². The van der Waals surface area contributed by atoms with Crippen LogP contribution in [0.4, 0.5) is 52.7 Å². The normalized spacial score (nSPS) is 18.2. The fourth-order valence-electron chi connectivity index (χ4n) is 10.1. The fourth-order valence-corrected chi connectivity index (χ4v) is 41.6. The molecule has 66 heavy (non-hydrogen) atoms. The molecule has 359 valence electrons. The number of benzene rings is 4. The third-order valence-electron chi connectivity index (χ3n) is 13.4. The van der Waals surface area contributed by atoms with Crippen LogP contribution < -0.4 is 0 Å². The first kappa shape index (κ1) is 52.6. The van der Waals surface area contributed by atoms with Crippen LogP contribution in [0.25, 0.3) is 34.4 Å². The summed E-state index contributed by atoms with van der Waals surface area (Å²) in [6.07, 6.45) is -16.8. The van der Waals surface area contributed by atoms with Crippen LogP contribution in [-0.2, 0) is 51.1 Å². The fraction of sp³-hybridized carbons (Fsp3) is 0.440. The average molecular weight is 1070 g/mol. The Kier molecular flexibility index (Phi) is 13.3. The molecule has 2 aliphatic carbocycles. The van der Waals surface area contributed by atoms with Crippen LogP contribution >= 0.6 is 17.0 Å². The van der Waals surface area contributed by atoms with Crippen molar-refractivity contribution in [3.05, 3.63) is 127 Å². The Morgan fingerprint density at radius 3 is 0.955 bits per heavy atom. The molecule has 0 saturated heterocycles. The molecule has 0 spiro atoms. The van der Waals surface area contributed by atoms with Crippen molar-refractivity contribution in [1.29, 1.82) is 0 Å². The van der Waals surface area contributed by atoms with Crippen LogP contribution in [0.5, 0.6) is 0 Å². The number of hydrogen-bond acceptors (Lipinski definition) is 0. The molecule has 0 fully saturated rings. The quantitative estimate of drug-likeness (QED) is 0.128. The van der Waals surface area contributed by atoms with Crippen molar-refractivity contribution < 1.29 is 68.2 Å². The van der Waals surface area contributed by atoms with Crippen LogP contribution in [-0.4, -0.2) is 5.92 Å². The molecule has 0 saturated carbocycles. The predicted octanol–water partition coefficient (Wildman–Crippen LogP) is 18.6. The standard InChI is InChI=1S/2C24H23F6.C2H7Si.2ClH.Zr/c2*1-13(2)15-8-14-6-7-20(22(3,4)5)21(19(14)11-15)16-9-17(23(25,26)27)12-18(10-16)24(28,29)30;1-3-2;;;/h2*6-13H,1-5H3;3H,1-2H3;2*1H;/q;;;;;+2/p-2. The van der Waals surface area contributed by atoms with Crippen LogP contribution in [0.1, 0.15) is 132 Å². The maximum atomic E-state index is 14.4. The summed E-state index contributed by atoms with van der Waals surface area (Å²) in [6.45, 7) is 22.5. The summed E-state index contributed by atoms with van der Waals surface area (Å²) in [5.74, 6) is -3.02. The van der Waals surface area contributed by atoms with Crippen molar-refractivity contribution in [2.45, 2.75) is 125 Å². The first-order valence-corrected chi connectivity index (χ1v) is 38.0. The van der Waals surface area contributed by atoms with E-state index in [1.165, 1.54) is 0 Å². The molecule has 2 unspecified atom stereocenters. The molecule has 0 radical (unpaired) electrons. The van der Waals surface area contributed by atoms with Gasteiger partial charge in [-0.15, -0.1) is 0 Å². The topological polar surface area (TPSA) is 0 Å². The molecule has 2 atom stereocenters. The molecular formula is C50H53Cl2F12SiZr. The van der Waals surface area contributed by atoms with Gasteiger partial charge in [0.05, 0.1) is 0 Å². The Hall–Kier alpha value is -2.80. The van der Waals surface area contributed by atoms with E-state index in [1.54, 1.807) is 12.1 Å². The van der Waals surface area contributed by atoms with E-state index in [0.29, 0.717) is 33.4 Å². The molecule has 4 aromatic rings. The minimum absolute atomic E-state index is 0.0971. The molecule has 16 heteroatoms. The van der Waals surface area contributed by atoms with Crippen molar-refractivity contribution in [1.82, 2.24) is 0 Å². The Morgan fingerprint density at radius 2 is 0.742 bits per heavy atom. The van der Waals surface area contributed by atoms with Crippen LogP contribution in [0.2, 0.25) is 13.1 Å². The molecule has 6 rings (SSSR count). The number of alkyl halides is 12. The van der Waals surface area contributed by atoms with Crippen LogP contribution in [0, 0.1) is 11.8 Å².